The molecule has 1 N–H and O–H groups in total. The summed E-state index contributed by atoms with van der Waals surface area (Å²) >= 11 is 0. The predicted octanol–water partition coefficient (Wildman–Crippen LogP) is 3.18. The zero-order valence-corrected chi connectivity index (χ0v) is 12.9. The number of nitrogens with one attached hydrogen (secondary N) is 1. The minimum absolute atomic E-state index is 0.0432. The van der Waals surface area contributed by atoms with Gasteiger partial charge < -0.3 is 10.1 Å². The van der Waals surface area contributed by atoms with Gasteiger partial charge in [-0.15, -0.1) is 0 Å². The molecule has 0 saturated carbocycles. The van der Waals surface area contributed by atoms with Crippen molar-refractivity contribution >= 4 is 5.82 Å². The van der Waals surface area contributed by atoms with Gasteiger partial charge in [0.1, 0.15) is 11.6 Å². The molecule has 0 radical (unpaired) electrons. The van der Waals surface area contributed by atoms with Gasteiger partial charge in [-0.1, -0.05) is 27.7 Å². The first kappa shape index (κ1) is 15.9. The van der Waals surface area contributed by atoms with E-state index in [1.54, 1.807) is 7.11 Å². The minimum atomic E-state index is 0.0432. The van der Waals surface area contributed by atoms with E-state index < -0.39 is 0 Å². The smallest absolute Gasteiger partial charge is 0.131 e. The quantitative estimate of drug-likeness (QED) is 0.769. The van der Waals surface area contributed by atoms with Crippen LogP contribution in [0.4, 0.5) is 5.82 Å². The monoisotopic (exact) mass is 265 g/mol. The lowest BCUT2D eigenvalue weighted by molar-refractivity contribution is 0.194. The number of aromatic nitrogens is 2. The van der Waals surface area contributed by atoms with Crippen molar-refractivity contribution in [2.45, 2.75) is 52.4 Å². The van der Waals surface area contributed by atoms with E-state index in [4.69, 9.17) is 4.74 Å². The fourth-order valence-electron chi connectivity index (χ4n) is 1.71. The largest absolute Gasteiger partial charge is 0.385 e. The Morgan fingerprint density at radius 2 is 2.00 bits per heavy atom. The summed E-state index contributed by atoms with van der Waals surface area (Å²) in [5.74, 6) is 1.84. The Morgan fingerprint density at radius 3 is 2.58 bits per heavy atom. The van der Waals surface area contributed by atoms with Crippen molar-refractivity contribution in [2.75, 3.05) is 25.6 Å². The molecule has 0 amide bonds. The van der Waals surface area contributed by atoms with Crippen molar-refractivity contribution in [3.63, 3.8) is 0 Å². The summed E-state index contributed by atoms with van der Waals surface area (Å²) in [6.45, 7) is 10.4. The van der Waals surface area contributed by atoms with Crippen LogP contribution in [0.2, 0.25) is 0 Å². The van der Waals surface area contributed by atoms with Crippen LogP contribution in [0, 0.1) is 0 Å². The number of aryl methyl sites for hydroxylation is 1. The van der Waals surface area contributed by atoms with E-state index in [2.05, 4.69) is 49.0 Å². The van der Waals surface area contributed by atoms with E-state index in [1.165, 1.54) is 0 Å². The Labute approximate surface area is 117 Å². The number of nitrogens with zero attached hydrogens (tertiary/aromatic N) is 2. The molecule has 4 heteroatoms. The molecular weight excluding hydrogens is 238 g/mol. The molecule has 0 aliphatic rings. The van der Waals surface area contributed by atoms with Crippen molar-refractivity contribution in [1.82, 2.24) is 9.97 Å². The van der Waals surface area contributed by atoms with Crippen LogP contribution >= 0.6 is 0 Å². The summed E-state index contributed by atoms with van der Waals surface area (Å²) in [7, 11) is 1.72. The molecule has 1 aromatic rings. The molecule has 0 unspecified atom stereocenters. The summed E-state index contributed by atoms with van der Waals surface area (Å²) in [5.41, 5.74) is 1.13. The van der Waals surface area contributed by atoms with Crippen LogP contribution in [0.25, 0.3) is 0 Å². The van der Waals surface area contributed by atoms with E-state index in [0.29, 0.717) is 0 Å². The molecule has 19 heavy (non-hydrogen) atoms. The summed E-state index contributed by atoms with van der Waals surface area (Å²) in [4.78, 5) is 9.26. The van der Waals surface area contributed by atoms with Gasteiger partial charge >= 0.3 is 0 Å². The Kier molecular flexibility index (Phi) is 6.22. The van der Waals surface area contributed by atoms with Gasteiger partial charge in [0, 0.05) is 38.2 Å². The second-order valence-corrected chi connectivity index (χ2v) is 5.83. The maximum absolute atomic E-state index is 5.09. The van der Waals surface area contributed by atoms with Gasteiger partial charge in [0.25, 0.3) is 0 Å². The molecule has 0 aliphatic heterocycles. The van der Waals surface area contributed by atoms with Gasteiger partial charge in [-0.05, 0) is 12.8 Å². The summed E-state index contributed by atoms with van der Waals surface area (Å²) in [6.07, 6.45) is 2.91. The molecule has 0 fully saturated rings. The first-order valence-corrected chi connectivity index (χ1v) is 7.08. The van der Waals surface area contributed by atoms with Gasteiger partial charge in [0.15, 0.2) is 0 Å². The van der Waals surface area contributed by atoms with Gasteiger partial charge in [0.2, 0.25) is 0 Å². The molecule has 0 bridgehead atoms. The Hall–Kier alpha value is -1.16. The highest BCUT2D eigenvalue weighted by molar-refractivity contribution is 5.38. The zero-order valence-electron chi connectivity index (χ0n) is 12.9. The Morgan fingerprint density at radius 1 is 1.26 bits per heavy atom. The highest BCUT2D eigenvalue weighted by atomic mass is 16.5. The van der Waals surface area contributed by atoms with Crippen LogP contribution in [0.1, 0.15) is 52.1 Å². The Bertz CT molecular complexity index is 385. The lowest BCUT2D eigenvalue weighted by Crippen LogP contribution is -2.17. The van der Waals surface area contributed by atoms with Crippen LogP contribution in [0.15, 0.2) is 6.07 Å². The van der Waals surface area contributed by atoms with Crippen molar-refractivity contribution < 1.29 is 4.74 Å². The fourth-order valence-corrected chi connectivity index (χ4v) is 1.71. The molecule has 4 nitrogen and oxygen atoms in total. The third-order valence-electron chi connectivity index (χ3n) is 2.85. The standard InChI is InChI=1S/C15H27N3O/c1-6-9-16-14-11-12(15(2,3)4)17-13(18-14)8-7-10-19-5/h11H,6-10H2,1-5H3,(H,16,17,18). The van der Waals surface area contributed by atoms with Gasteiger partial charge in [-0.3, -0.25) is 0 Å². The topological polar surface area (TPSA) is 47.0 Å². The molecule has 0 aromatic carbocycles. The number of ether oxygens (including phenoxy) is 1. The molecule has 0 saturated heterocycles. The van der Waals surface area contributed by atoms with Crippen molar-refractivity contribution in [1.29, 1.82) is 0 Å². The highest BCUT2D eigenvalue weighted by Gasteiger charge is 2.17. The third kappa shape index (κ3) is 5.55. The zero-order chi connectivity index (χ0) is 14.3. The van der Waals surface area contributed by atoms with Crippen LogP contribution in [-0.2, 0) is 16.6 Å². The van der Waals surface area contributed by atoms with Crippen LogP contribution in [-0.4, -0.2) is 30.2 Å². The van der Waals surface area contributed by atoms with Crippen LogP contribution in [0.5, 0.6) is 0 Å². The van der Waals surface area contributed by atoms with Gasteiger partial charge in [-0.25, -0.2) is 9.97 Å². The molecular formula is C15H27N3O. The predicted molar refractivity (Wildman–Crippen MR) is 79.7 cm³/mol. The molecule has 0 aliphatic carbocycles. The molecule has 1 rings (SSSR count). The normalized spacial score (nSPS) is 11.6. The number of methoxy groups -OCH3 is 1. The lowest BCUT2D eigenvalue weighted by atomic mass is 9.92. The second kappa shape index (κ2) is 7.43. The highest BCUT2D eigenvalue weighted by Crippen LogP contribution is 2.22. The molecule has 1 aromatic heterocycles. The van der Waals surface area contributed by atoms with E-state index in [9.17, 15) is 0 Å². The molecule has 0 atom stereocenters. The maximum atomic E-state index is 5.09. The molecule has 108 valence electrons. The number of hydrogen-bond donors (Lipinski definition) is 1. The summed E-state index contributed by atoms with van der Waals surface area (Å²) in [5, 5.41) is 3.36. The average Bonchev–Trinajstić information content (AvgIpc) is 2.35. The number of hydrogen-bond acceptors (Lipinski definition) is 4. The van der Waals surface area contributed by atoms with Crippen molar-refractivity contribution in [2.24, 2.45) is 0 Å². The van der Waals surface area contributed by atoms with E-state index >= 15 is 0 Å². The van der Waals surface area contributed by atoms with Crippen LogP contribution in [0.3, 0.4) is 0 Å². The van der Waals surface area contributed by atoms with E-state index in [0.717, 1.165) is 49.8 Å². The van der Waals surface area contributed by atoms with Crippen LogP contribution < -0.4 is 5.32 Å². The number of rotatable bonds is 7. The summed E-state index contributed by atoms with van der Waals surface area (Å²) in [6, 6.07) is 2.06. The Balaban J connectivity index is 2.89. The van der Waals surface area contributed by atoms with Gasteiger partial charge in [-0.2, -0.15) is 0 Å². The summed E-state index contributed by atoms with van der Waals surface area (Å²) < 4.78 is 5.09. The minimum Gasteiger partial charge on any atom is -0.385 e. The molecule has 0 spiro atoms. The van der Waals surface area contributed by atoms with E-state index in [1.807, 2.05) is 0 Å². The average molecular weight is 265 g/mol. The lowest BCUT2D eigenvalue weighted by Gasteiger charge is -2.19. The number of anilines is 1. The van der Waals surface area contributed by atoms with Crippen molar-refractivity contribution in [3.05, 3.63) is 17.6 Å². The second-order valence-electron chi connectivity index (χ2n) is 5.83. The maximum Gasteiger partial charge on any atom is 0.131 e. The fraction of sp³-hybridized carbons (Fsp3) is 0.733. The SMILES string of the molecule is CCCNc1cc(C(C)(C)C)nc(CCCOC)n1. The first-order chi connectivity index (χ1) is 8.97. The third-order valence-corrected chi connectivity index (χ3v) is 2.85. The van der Waals surface area contributed by atoms with E-state index in [-0.39, 0.29) is 5.41 Å². The molecule has 1 heterocycles. The first-order valence-electron chi connectivity index (χ1n) is 7.08. The van der Waals surface area contributed by atoms with Crippen molar-refractivity contribution in [3.8, 4) is 0 Å². The van der Waals surface area contributed by atoms with Gasteiger partial charge in [0.05, 0.1) is 5.69 Å².